The number of hydrogen-bond donors (Lipinski definition) is 0. The first-order valence-electron chi connectivity index (χ1n) is 9.68. The standard InChI is InChI=1S/C25H14F4O5/c1-3-19(30)32-14-7-5-13(6-8-14)15-9-10-17-16-11-12-18(33-20(31)4-2)21(25(27,28)29)23(16)34-24(17)22(15)26/h3-12H,1-2H2. The average Bonchev–Trinajstić information content (AvgIpc) is 3.18. The summed E-state index contributed by atoms with van der Waals surface area (Å²) >= 11 is 0. The number of halogens is 4. The van der Waals surface area contributed by atoms with Gasteiger partial charge in [-0.25, -0.2) is 14.0 Å². The fraction of sp³-hybridized carbons (Fsp3) is 0.0400. The molecule has 0 atom stereocenters. The number of alkyl halides is 3. The molecule has 5 nitrogen and oxygen atoms in total. The number of hydrogen-bond acceptors (Lipinski definition) is 5. The van der Waals surface area contributed by atoms with Crippen LogP contribution in [0.25, 0.3) is 33.1 Å². The van der Waals surface area contributed by atoms with Crippen molar-refractivity contribution in [3.8, 4) is 22.6 Å². The molecule has 1 heterocycles. The van der Waals surface area contributed by atoms with Gasteiger partial charge in [0.1, 0.15) is 17.1 Å². The van der Waals surface area contributed by atoms with Crippen molar-refractivity contribution in [2.24, 2.45) is 0 Å². The van der Waals surface area contributed by atoms with E-state index in [-0.39, 0.29) is 22.1 Å². The average molecular weight is 470 g/mol. The lowest BCUT2D eigenvalue weighted by Crippen LogP contribution is -2.12. The summed E-state index contributed by atoms with van der Waals surface area (Å²) in [7, 11) is 0. The second-order valence-corrected chi connectivity index (χ2v) is 6.99. The highest BCUT2D eigenvalue weighted by Crippen LogP contribution is 2.45. The van der Waals surface area contributed by atoms with Crippen LogP contribution in [0.15, 0.2) is 78.3 Å². The van der Waals surface area contributed by atoms with Gasteiger partial charge in [-0.1, -0.05) is 31.4 Å². The van der Waals surface area contributed by atoms with Gasteiger partial charge in [0, 0.05) is 28.5 Å². The van der Waals surface area contributed by atoms with Crippen molar-refractivity contribution in [3.63, 3.8) is 0 Å². The van der Waals surface area contributed by atoms with E-state index >= 15 is 4.39 Å². The first-order chi connectivity index (χ1) is 16.1. The predicted octanol–water partition coefficient (Wildman–Crippen LogP) is 6.59. The molecule has 4 aromatic rings. The molecule has 0 saturated carbocycles. The molecule has 0 aliphatic heterocycles. The van der Waals surface area contributed by atoms with Crippen LogP contribution in [0.4, 0.5) is 17.6 Å². The van der Waals surface area contributed by atoms with E-state index in [1.54, 1.807) is 0 Å². The van der Waals surface area contributed by atoms with Gasteiger partial charge in [0.2, 0.25) is 0 Å². The Kier molecular flexibility index (Phi) is 5.70. The van der Waals surface area contributed by atoms with Crippen molar-refractivity contribution in [2.45, 2.75) is 6.18 Å². The van der Waals surface area contributed by atoms with E-state index < -0.39 is 46.4 Å². The summed E-state index contributed by atoms with van der Waals surface area (Å²) in [5.74, 6) is -3.22. The van der Waals surface area contributed by atoms with Crippen LogP contribution in [0.2, 0.25) is 0 Å². The second-order valence-electron chi connectivity index (χ2n) is 6.99. The Labute approximate surface area is 189 Å². The highest BCUT2D eigenvalue weighted by molar-refractivity contribution is 6.08. The number of ether oxygens (including phenoxy) is 2. The van der Waals surface area contributed by atoms with E-state index in [2.05, 4.69) is 13.2 Å². The molecule has 34 heavy (non-hydrogen) atoms. The molecule has 0 N–H and O–H groups in total. The zero-order valence-corrected chi connectivity index (χ0v) is 17.2. The van der Waals surface area contributed by atoms with Crippen molar-refractivity contribution in [3.05, 3.63) is 85.2 Å². The molecule has 1 aromatic heterocycles. The van der Waals surface area contributed by atoms with Gasteiger partial charge in [-0.15, -0.1) is 0 Å². The first kappa shape index (κ1) is 22.8. The number of carbonyl (C=O) groups is 2. The van der Waals surface area contributed by atoms with Gasteiger partial charge in [0.15, 0.2) is 17.0 Å². The molecule has 0 fully saturated rings. The number of benzene rings is 3. The van der Waals surface area contributed by atoms with E-state index in [0.29, 0.717) is 5.56 Å². The minimum atomic E-state index is -4.96. The SMILES string of the molecule is C=CC(=O)Oc1ccc(-c2ccc3c(oc4c(C(F)(F)F)c(OC(=O)C=C)ccc43)c2F)cc1. The molecule has 0 aliphatic carbocycles. The van der Waals surface area contributed by atoms with E-state index in [4.69, 9.17) is 13.9 Å². The van der Waals surface area contributed by atoms with Crippen LogP contribution >= 0.6 is 0 Å². The molecular weight excluding hydrogens is 456 g/mol. The molecule has 0 bridgehead atoms. The molecule has 9 heteroatoms. The number of rotatable bonds is 5. The number of fused-ring (bicyclic) bond motifs is 3. The van der Waals surface area contributed by atoms with Gasteiger partial charge in [0.05, 0.1) is 0 Å². The third-order valence-corrected chi connectivity index (χ3v) is 4.92. The fourth-order valence-corrected chi connectivity index (χ4v) is 3.44. The molecule has 0 amide bonds. The lowest BCUT2D eigenvalue weighted by Gasteiger charge is -2.12. The Morgan fingerprint density at radius 1 is 0.824 bits per heavy atom. The maximum Gasteiger partial charge on any atom is 0.423 e. The molecule has 3 aromatic carbocycles. The van der Waals surface area contributed by atoms with Gasteiger partial charge in [0.25, 0.3) is 0 Å². The van der Waals surface area contributed by atoms with E-state index in [1.807, 2.05) is 0 Å². The summed E-state index contributed by atoms with van der Waals surface area (Å²) in [6.45, 7) is 6.45. The zero-order chi connectivity index (χ0) is 24.6. The highest BCUT2D eigenvalue weighted by Gasteiger charge is 2.39. The Bertz CT molecular complexity index is 1460. The van der Waals surface area contributed by atoms with Crippen LogP contribution in [0.5, 0.6) is 11.5 Å². The first-order valence-corrected chi connectivity index (χ1v) is 9.68. The molecule has 0 radical (unpaired) electrons. The van der Waals surface area contributed by atoms with Gasteiger partial charge in [-0.2, -0.15) is 13.2 Å². The summed E-state index contributed by atoms with van der Waals surface area (Å²) in [6.07, 6.45) is -3.25. The lowest BCUT2D eigenvalue weighted by atomic mass is 10.0. The Balaban J connectivity index is 1.86. The number of esters is 2. The fourth-order valence-electron chi connectivity index (χ4n) is 3.44. The van der Waals surface area contributed by atoms with Gasteiger partial charge >= 0.3 is 18.1 Å². The number of furan rings is 1. The predicted molar refractivity (Wildman–Crippen MR) is 116 cm³/mol. The van der Waals surface area contributed by atoms with Crippen LogP contribution in [0, 0.1) is 5.82 Å². The number of carbonyl (C=O) groups excluding carboxylic acids is 2. The third-order valence-electron chi connectivity index (χ3n) is 4.92. The molecule has 172 valence electrons. The summed E-state index contributed by atoms with van der Waals surface area (Å²) < 4.78 is 72.0. The van der Waals surface area contributed by atoms with Crippen molar-refractivity contribution < 1.29 is 41.0 Å². The molecular formula is C25H14F4O5. The summed E-state index contributed by atoms with van der Waals surface area (Å²) in [4.78, 5) is 22.8. The zero-order valence-electron chi connectivity index (χ0n) is 17.2. The summed E-state index contributed by atoms with van der Waals surface area (Å²) in [6, 6.07) is 10.9. The maximum absolute atomic E-state index is 15.4. The van der Waals surface area contributed by atoms with Gasteiger partial charge in [-0.3, -0.25) is 0 Å². The Hall–Kier alpha value is -4.40. The van der Waals surface area contributed by atoms with Crippen molar-refractivity contribution in [1.82, 2.24) is 0 Å². The van der Waals surface area contributed by atoms with E-state index in [0.717, 1.165) is 18.2 Å². The van der Waals surface area contributed by atoms with Gasteiger partial charge < -0.3 is 13.9 Å². The van der Waals surface area contributed by atoms with Crippen LogP contribution < -0.4 is 9.47 Å². The normalized spacial score (nSPS) is 11.4. The molecule has 0 saturated heterocycles. The highest BCUT2D eigenvalue weighted by atomic mass is 19.4. The topological polar surface area (TPSA) is 65.7 Å². The lowest BCUT2D eigenvalue weighted by molar-refractivity contribution is -0.140. The van der Waals surface area contributed by atoms with Gasteiger partial charge in [-0.05, 0) is 35.9 Å². The second kappa shape index (κ2) is 8.51. The molecule has 4 rings (SSSR count). The summed E-state index contributed by atoms with van der Waals surface area (Å²) in [5.41, 5.74) is -1.98. The third kappa shape index (κ3) is 4.03. The largest absolute Gasteiger partial charge is 0.452 e. The maximum atomic E-state index is 15.4. The Morgan fingerprint density at radius 3 is 2.03 bits per heavy atom. The van der Waals surface area contributed by atoms with Crippen LogP contribution in [0.3, 0.4) is 0 Å². The molecule has 0 unspecified atom stereocenters. The monoisotopic (exact) mass is 470 g/mol. The summed E-state index contributed by atoms with van der Waals surface area (Å²) in [5, 5.41) is 0.109. The van der Waals surface area contributed by atoms with Crippen LogP contribution in [-0.2, 0) is 15.8 Å². The minimum absolute atomic E-state index is 0.00198. The van der Waals surface area contributed by atoms with Crippen LogP contribution in [0.1, 0.15) is 5.56 Å². The van der Waals surface area contributed by atoms with E-state index in [1.165, 1.54) is 42.5 Å². The van der Waals surface area contributed by atoms with Crippen molar-refractivity contribution in [2.75, 3.05) is 0 Å². The quantitative estimate of drug-likeness (QED) is 0.142. The van der Waals surface area contributed by atoms with Crippen molar-refractivity contribution in [1.29, 1.82) is 0 Å². The molecule has 0 spiro atoms. The smallest absolute Gasteiger partial charge is 0.423 e. The van der Waals surface area contributed by atoms with Crippen molar-refractivity contribution >= 4 is 33.9 Å². The minimum Gasteiger partial charge on any atom is -0.452 e. The molecule has 0 aliphatic rings. The van der Waals surface area contributed by atoms with E-state index in [9.17, 15) is 22.8 Å². The van der Waals surface area contributed by atoms with Crippen LogP contribution in [-0.4, -0.2) is 11.9 Å². The Morgan fingerprint density at radius 2 is 1.41 bits per heavy atom.